The Balaban J connectivity index is 1.25. The van der Waals surface area contributed by atoms with Crippen molar-refractivity contribution in [2.45, 2.75) is 13.3 Å². The third-order valence-electron chi connectivity index (χ3n) is 5.11. The summed E-state index contributed by atoms with van der Waals surface area (Å²) in [6, 6.07) is 16.6. The maximum Gasteiger partial charge on any atom is 0.348 e. The van der Waals surface area contributed by atoms with Crippen LogP contribution >= 0.6 is 11.3 Å². The normalized spacial score (nSPS) is 12.9. The highest BCUT2D eigenvalue weighted by atomic mass is 32.1. The monoisotopic (exact) mass is 463 g/mol. The third kappa shape index (κ3) is 4.40. The molecule has 0 radical (unpaired) electrons. The van der Waals surface area contributed by atoms with Gasteiger partial charge in [-0.05, 0) is 37.3 Å². The largest absolute Gasteiger partial charge is 0.490 e. The summed E-state index contributed by atoms with van der Waals surface area (Å²) in [4.78, 5) is 26.2. The highest BCUT2D eigenvalue weighted by molar-refractivity contribution is 7.20. The van der Waals surface area contributed by atoms with Crippen molar-refractivity contribution in [2.75, 3.05) is 25.1 Å². The summed E-state index contributed by atoms with van der Waals surface area (Å²) < 4.78 is 18.3. The van der Waals surface area contributed by atoms with Gasteiger partial charge in [-0.15, -0.1) is 11.3 Å². The fraction of sp³-hybridized carbons (Fsp3) is 0.208. The fourth-order valence-corrected chi connectivity index (χ4v) is 4.61. The van der Waals surface area contributed by atoms with E-state index in [-0.39, 0.29) is 0 Å². The number of hydrogen-bond donors (Lipinski definition) is 1. The van der Waals surface area contributed by atoms with E-state index in [4.69, 9.17) is 14.2 Å². The Labute approximate surface area is 193 Å². The van der Waals surface area contributed by atoms with E-state index in [0.29, 0.717) is 35.3 Å². The zero-order valence-electron chi connectivity index (χ0n) is 17.9. The Morgan fingerprint density at radius 1 is 1.09 bits per heavy atom. The van der Waals surface area contributed by atoms with Gasteiger partial charge in [0.25, 0.3) is 5.91 Å². The summed E-state index contributed by atoms with van der Waals surface area (Å²) >= 11 is 1.28. The first kappa shape index (κ1) is 21.0. The molecule has 1 N–H and O–H groups in total. The third-order valence-corrected chi connectivity index (χ3v) is 6.20. The number of rotatable bonds is 5. The molecule has 5 rings (SSSR count). The number of benzene rings is 2. The van der Waals surface area contributed by atoms with Gasteiger partial charge in [-0.3, -0.25) is 4.79 Å². The molecule has 1 aliphatic heterocycles. The van der Waals surface area contributed by atoms with Crippen LogP contribution in [0, 0.1) is 6.92 Å². The van der Waals surface area contributed by atoms with Crippen molar-refractivity contribution in [1.82, 2.24) is 9.78 Å². The van der Waals surface area contributed by atoms with Crippen LogP contribution in [0.25, 0.3) is 15.9 Å². The van der Waals surface area contributed by atoms with E-state index in [9.17, 15) is 9.59 Å². The molecule has 2 aromatic carbocycles. The Morgan fingerprint density at radius 2 is 1.88 bits per heavy atom. The molecule has 33 heavy (non-hydrogen) atoms. The average molecular weight is 464 g/mol. The fourth-order valence-electron chi connectivity index (χ4n) is 3.53. The first-order valence-electron chi connectivity index (χ1n) is 10.5. The second-order valence-electron chi connectivity index (χ2n) is 7.50. The predicted octanol–water partition coefficient (Wildman–Crippen LogP) is 4.35. The van der Waals surface area contributed by atoms with E-state index in [1.165, 1.54) is 11.3 Å². The molecule has 168 valence electrons. The van der Waals surface area contributed by atoms with Gasteiger partial charge < -0.3 is 19.5 Å². The van der Waals surface area contributed by atoms with Crippen LogP contribution < -0.4 is 14.8 Å². The van der Waals surface area contributed by atoms with Gasteiger partial charge in [0.2, 0.25) is 0 Å². The number of nitrogens with one attached hydrogen (secondary N) is 1. The lowest BCUT2D eigenvalue weighted by Gasteiger charge is -2.10. The number of thiophene rings is 1. The summed E-state index contributed by atoms with van der Waals surface area (Å²) in [5, 5.41) is 8.17. The van der Waals surface area contributed by atoms with Crippen LogP contribution in [0.1, 0.15) is 21.8 Å². The second kappa shape index (κ2) is 8.95. The summed E-state index contributed by atoms with van der Waals surface area (Å²) in [5.41, 5.74) is 2.27. The topological polar surface area (TPSA) is 91.7 Å². The molecule has 3 heterocycles. The molecular weight excluding hydrogens is 442 g/mol. The molecule has 0 saturated carbocycles. The van der Waals surface area contributed by atoms with Gasteiger partial charge in [-0.1, -0.05) is 18.2 Å². The standard InChI is InChI=1S/C24H21N3O5S/c1-15-18-13-21(33-23(18)27(26-15)17-6-3-2-4-7-17)24(29)32-14-22(28)25-16-8-9-19-20(12-16)31-11-5-10-30-19/h2-4,6-9,12-13H,5,10-11,14H2,1H3,(H,25,28). The van der Waals surface area contributed by atoms with Gasteiger partial charge in [0.05, 0.1) is 24.6 Å². The summed E-state index contributed by atoms with van der Waals surface area (Å²) in [6.45, 7) is 2.64. The number of amides is 1. The van der Waals surface area contributed by atoms with Gasteiger partial charge in [-0.2, -0.15) is 5.10 Å². The smallest absolute Gasteiger partial charge is 0.348 e. The molecule has 8 nitrogen and oxygen atoms in total. The minimum Gasteiger partial charge on any atom is -0.490 e. The number of nitrogens with zero attached hydrogens (tertiary/aromatic N) is 2. The molecule has 0 spiro atoms. The molecule has 1 aliphatic rings. The minimum atomic E-state index is -0.552. The lowest BCUT2D eigenvalue weighted by molar-refractivity contribution is -0.119. The lowest BCUT2D eigenvalue weighted by atomic mass is 10.2. The van der Waals surface area contributed by atoms with Crippen molar-refractivity contribution in [3.8, 4) is 17.2 Å². The van der Waals surface area contributed by atoms with Crippen LogP contribution in [0.5, 0.6) is 11.5 Å². The number of anilines is 1. The molecule has 0 saturated heterocycles. The van der Waals surface area contributed by atoms with E-state index < -0.39 is 18.5 Å². The van der Waals surface area contributed by atoms with E-state index >= 15 is 0 Å². The second-order valence-corrected chi connectivity index (χ2v) is 8.53. The Hall–Kier alpha value is -3.85. The average Bonchev–Trinajstić information content (AvgIpc) is 3.30. The Kier molecular flexibility index (Phi) is 5.70. The van der Waals surface area contributed by atoms with Gasteiger partial charge in [0, 0.05) is 23.6 Å². The summed E-state index contributed by atoms with van der Waals surface area (Å²) in [6.07, 6.45) is 0.799. The molecule has 1 amide bonds. The summed E-state index contributed by atoms with van der Waals surface area (Å²) in [7, 11) is 0. The van der Waals surface area contributed by atoms with Gasteiger partial charge in [0.1, 0.15) is 9.71 Å². The first-order valence-corrected chi connectivity index (χ1v) is 11.3. The first-order chi connectivity index (χ1) is 16.1. The molecule has 0 fully saturated rings. The molecular formula is C24H21N3O5S. The van der Waals surface area contributed by atoms with Gasteiger partial charge >= 0.3 is 5.97 Å². The number of carbonyl (C=O) groups is 2. The van der Waals surface area contributed by atoms with Crippen LogP contribution in [0.3, 0.4) is 0 Å². The maximum absolute atomic E-state index is 12.6. The molecule has 4 aromatic rings. The molecule has 0 aliphatic carbocycles. The molecule has 0 unspecified atom stereocenters. The van der Waals surface area contributed by atoms with Crippen molar-refractivity contribution in [3.63, 3.8) is 0 Å². The van der Waals surface area contributed by atoms with Crippen LogP contribution in [0.15, 0.2) is 54.6 Å². The van der Waals surface area contributed by atoms with Crippen molar-refractivity contribution in [2.24, 2.45) is 0 Å². The molecule has 2 aromatic heterocycles. The van der Waals surface area contributed by atoms with Gasteiger partial charge in [-0.25, -0.2) is 9.48 Å². The van der Waals surface area contributed by atoms with Crippen LogP contribution in [-0.2, 0) is 9.53 Å². The number of ether oxygens (including phenoxy) is 3. The van der Waals surface area contributed by atoms with Crippen molar-refractivity contribution in [3.05, 3.63) is 65.2 Å². The SMILES string of the molecule is Cc1nn(-c2ccccc2)c2sc(C(=O)OCC(=O)Nc3ccc4c(c3)OCCCO4)cc12. The van der Waals surface area contributed by atoms with Crippen molar-refractivity contribution in [1.29, 1.82) is 0 Å². The zero-order valence-corrected chi connectivity index (χ0v) is 18.7. The van der Waals surface area contributed by atoms with Crippen molar-refractivity contribution < 1.29 is 23.8 Å². The van der Waals surface area contributed by atoms with Crippen LogP contribution in [0.4, 0.5) is 5.69 Å². The van der Waals surface area contributed by atoms with E-state index in [1.54, 1.807) is 24.3 Å². The van der Waals surface area contributed by atoms with Gasteiger partial charge in [0.15, 0.2) is 18.1 Å². The van der Waals surface area contributed by atoms with Crippen LogP contribution in [0.2, 0.25) is 0 Å². The number of aromatic nitrogens is 2. The zero-order chi connectivity index (χ0) is 22.8. The molecule has 0 bridgehead atoms. The maximum atomic E-state index is 12.6. The summed E-state index contributed by atoms with van der Waals surface area (Å²) in [5.74, 6) is 0.232. The van der Waals surface area contributed by atoms with E-state index in [2.05, 4.69) is 10.4 Å². The number of para-hydroxylation sites is 1. The van der Waals surface area contributed by atoms with E-state index in [0.717, 1.165) is 28.0 Å². The van der Waals surface area contributed by atoms with E-state index in [1.807, 2.05) is 41.9 Å². The van der Waals surface area contributed by atoms with Crippen LogP contribution in [-0.4, -0.2) is 41.5 Å². The number of carbonyl (C=O) groups excluding carboxylic acids is 2. The number of fused-ring (bicyclic) bond motifs is 2. The highest BCUT2D eigenvalue weighted by Gasteiger charge is 2.19. The highest BCUT2D eigenvalue weighted by Crippen LogP contribution is 2.33. The number of hydrogen-bond acceptors (Lipinski definition) is 7. The van der Waals surface area contributed by atoms with Crippen molar-refractivity contribution >= 4 is 39.1 Å². The lowest BCUT2D eigenvalue weighted by Crippen LogP contribution is -2.20. The quantitative estimate of drug-likeness (QED) is 0.443. The Morgan fingerprint density at radius 3 is 2.70 bits per heavy atom. The number of aryl methyl sites for hydroxylation is 1. The predicted molar refractivity (Wildman–Crippen MR) is 125 cm³/mol. The molecule has 9 heteroatoms. The molecule has 0 atom stereocenters. The number of esters is 1. The Bertz CT molecular complexity index is 1330. The minimum absolute atomic E-state index is 0.398.